The van der Waals surface area contributed by atoms with Gasteiger partial charge < -0.3 is 14.8 Å². The van der Waals surface area contributed by atoms with Gasteiger partial charge in [0.05, 0.1) is 18.9 Å². The fourth-order valence-electron chi connectivity index (χ4n) is 2.70. The molecular weight excluding hydrogens is 344 g/mol. The van der Waals surface area contributed by atoms with Gasteiger partial charge in [-0.1, -0.05) is 17.3 Å². The topological polar surface area (TPSA) is 78.3 Å². The van der Waals surface area contributed by atoms with Crippen LogP contribution in [0.15, 0.2) is 48.5 Å². The number of benzene rings is 2. The van der Waals surface area contributed by atoms with Crippen LogP contribution in [0.2, 0.25) is 0 Å². The lowest BCUT2D eigenvalue weighted by atomic mass is 10.2. The molecule has 2 aromatic carbocycles. The summed E-state index contributed by atoms with van der Waals surface area (Å²) < 4.78 is 12.3. The Bertz CT molecular complexity index is 919. The quantitative estimate of drug-likeness (QED) is 0.694. The highest BCUT2D eigenvalue weighted by atomic mass is 16.5. The molecule has 3 aromatic rings. The molecule has 0 radical (unpaired) electrons. The van der Waals surface area contributed by atoms with Crippen LogP contribution in [0.4, 0.5) is 5.69 Å². The summed E-state index contributed by atoms with van der Waals surface area (Å²) in [4.78, 5) is 12.7. The van der Waals surface area contributed by atoms with Crippen molar-refractivity contribution >= 4 is 11.6 Å². The third-order valence-electron chi connectivity index (χ3n) is 3.93. The highest BCUT2D eigenvalue weighted by molar-refractivity contribution is 6.03. The molecule has 0 atom stereocenters. The largest absolute Gasteiger partial charge is 0.494 e. The van der Waals surface area contributed by atoms with Crippen LogP contribution in [0.5, 0.6) is 5.75 Å². The molecule has 0 bridgehead atoms. The van der Waals surface area contributed by atoms with E-state index in [0.29, 0.717) is 18.0 Å². The van der Waals surface area contributed by atoms with Gasteiger partial charge in [0.15, 0.2) is 5.69 Å². The molecule has 7 heteroatoms. The molecule has 0 fully saturated rings. The zero-order chi connectivity index (χ0) is 19.2. The van der Waals surface area contributed by atoms with Crippen molar-refractivity contribution in [3.05, 3.63) is 65.5 Å². The van der Waals surface area contributed by atoms with Crippen molar-refractivity contribution in [3.8, 4) is 11.4 Å². The van der Waals surface area contributed by atoms with Gasteiger partial charge in [-0.15, -0.1) is 5.10 Å². The van der Waals surface area contributed by atoms with Gasteiger partial charge in [0, 0.05) is 12.8 Å². The Labute approximate surface area is 157 Å². The molecule has 1 amide bonds. The van der Waals surface area contributed by atoms with Crippen LogP contribution in [0.25, 0.3) is 5.69 Å². The molecule has 0 unspecified atom stereocenters. The van der Waals surface area contributed by atoms with Crippen LogP contribution in [0.1, 0.15) is 28.7 Å². The fraction of sp³-hybridized carbons (Fsp3) is 0.250. The van der Waals surface area contributed by atoms with E-state index in [0.717, 1.165) is 17.0 Å². The van der Waals surface area contributed by atoms with Crippen molar-refractivity contribution in [1.29, 1.82) is 0 Å². The smallest absolute Gasteiger partial charge is 0.278 e. The number of amides is 1. The number of ether oxygens (including phenoxy) is 2. The first-order valence-corrected chi connectivity index (χ1v) is 8.67. The molecule has 0 aliphatic heterocycles. The molecule has 1 aromatic heterocycles. The third kappa shape index (κ3) is 4.32. The Kier molecular flexibility index (Phi) is 5.83. The minimum atomic E-state index is -0.342. The number of hydrogen-bond donors (Lipinski definition) is 1. The Morgan fingerprint density at radius 1 is 1.19 bits per heavy atom. The van der Waals surface area contributed by atoms with Crippen LogP contribution < -0.4 is 10.1 Å². The summed E-state index contributed by atoms with van der Waals surface area (Å²) in [5.74, 6) is 0.408. The summed E-state index contributed by atoms with van der Waals surface area (Å²) in [6.45, 7) is 4.72. The van der Waals surface area contributed by atoms with Crippen molar-refractivity contribution in [1.82, 2.24) is 15.0 Å². The van der Waals surface area contributed by atoms with Crippen LogP contribution >= 0.6 is 0 Å². The summed E-state index contributed by atoms with van der Waals surface area (Å²) in [5.41, 5.74) is 3.39. The number of carbonyl (C=O) groups is 1. The lowest BCUT2D eigenvalue weighted by molar-refractivity contribution is 0.101. The van der Waals surface area contributed by atoms with Crippen LogP contribution in [-0.4, -0.2) is 34.6 Å². The third-order valence-corrected chi connectivity index (χ3v) is 3.93. The van der Waals surface area contributed by atoms with Gasteiger partial charge in [0.1, 0.15) is 11.4 Å². The summed E-state index contributed by atoms with van der Waals surface area (Å²) >= 11 is 0. The maximum absolute atomic E-state index is 12.7. The van der Waals surface area contributed by atoms with Gasteiger partial charge in [-0.25, -0.2) is 4.68 Å². The lowest BCUT2D eigenvalue weighted by Gasteiger charge is -2.09. The molecule has 1 N–H and O–H groups in total. The van der Waals surface area contributed by atoms with Crippen LogP contribution in [-0.2, 0) is 11.3 Å². The Hall–Kier alpha value is -3.19. The van der Waals surface area contributed by atoms with E-state index in [1.807, 2.05) is 38.1 Å². The molecule has 3 rings (SSSR count). The van der Waals surface area contributed by atoms with Gasteiger partial charge in [-0.3, -0.25) is 4.79 Å². The minimum Gasteiger partial charge on any atom is -0.494 e. The van der Waals surface area contributed by atoms with Crippen molar-refractivity contribution in [3.63, 3.8) is 0 Å². The number of aromatic nitrogens is 3. The van der Waals surface area contributed by atoms with E-state index in [2.05, 4.69) is 15.6 Å². The number of anilines is 1. The second-order valence-electron chi connectivity index (χ2n) is 5.98. The fourth-order valence-corrected chi connectivity index (χ4v) is 2.70. The van der Waals surface area contributed by atoms with Gasteiger partial charge in [0.25, 0.3) is 5.91 Å². The molecule has 140 valence electrons. The predicted molar refractivity (Wildman–Crippen MR) is 102 cm³/mol. The van der Waals surface area contributed by atoms with Crippen LogP contribution in [0.3, 0.4) is 0 Å². The first-order chi connectivity index (χ1) is 13.1. The molecule has 0 aliphatic rings. The number of carbonyl (C=O) groups excluding carboxylic acids is 1. The zero-order valence-electron chi connectivity index (χ0n) is 15.6. The summed E-state index contributed by atoms with van der Waals surface area (Å²) in [6.07, 6.45) is 0. The standard InChI is InChI=1S/C20H22N4O3/c1-4-27-17-10-8-15(9-11-17)21-20(25)19-18(13-26-3)24(23-22-19)16-7-5-6-14(2)12-16/h5-12H,4,13H2,1-3H3,(H,21,25). The minimum absolute atomic E-state index is 0.215. The van der Waals surface area contributed by atoms with E-state index < -0.39 is 0 Å². The number of methoxy groups -OCH3 is 1. The molecule has 7 nitrogen and oxygen atoms in total. The van der Waals surface area contributed by atoms with E-state index in [1.165, 1.54) is 0 Å². The van der Waals surface area contributed by atoms with E-state index in [-0.39, 0.29) is 18.2 Å². The summed E-state index contributed by atoms with van der Waals surface area (Å²) in [7, 11) is 1.57. The molecule has 0 spiro atoms. The lowest BCUT2D eigenvalue weighted by Crippen LogP contribution is -2.16. The predicted octanol–water partition coefficient (Wildman–Crippen LogP) is 3.37. The number of aryl methyl sites for hydroxylation is 1. The van der Waals surface area contributed by atoms with E-state index in [9.17, 15) is 4.79 Å². The van der Waals surface area contributed by atoms with E-state index in [1.54, 1.807) is 36.1 Å². The van der Waals surface area contributed by atoms with Gasteiger partial charge in [0.2, 0.25) is 0 Å². The Morgan fingerprint density at radius 3 is 2.63 bits per heavy atom. The van der Waals surface area contributed by atoms with E-state index in [4.69, 9.17) is 9.47 Å². The normalized spacial score (nSPS) is 10.6. The molecule has 0 saturated heterocycles. The maximum Gasteiger partial charge on any atom is 0.278 e. The molecular formula is C20H22N4O3. The Balaban J connectivity index is 1.86. The van der Waals surface area contributed by atoms with Crippen molar-refractivity contribution in [2.75, 3.05) is 19.0 Å². The SMILES string of the molecule is CCOc1ccc(NC(=O)c2nnn(-c3cccc(C)c3)c2COC)cc1. The number of rotatable bonds is 7. The van der Waals surface area contributed by atoms with Gasteiger partial charge in [-0.2, -0.15) is 0 Å². The molecule has 27 heavy (non-hydrogen) atoms. The van der Waals surface area contributed by atoms with Crippen molar-refractivity contribution < 1.29 is 14.3 Å². The summed E-state index contributed by atoms with van der Waals surface area (Å²) in [5, 5.41) is 11.1. The summed E-state index contributed by atoms with van der Waals surface area (Å²) in [6, 6.07) is 15.0. The number of nitrogens with one attached hydrogen (secondary N) is 1. The average molecular weight is 366 g/mol. The average Bonchev–Trinajstić information content (AvgIpc) is 3.08. The first kappa shape index (κ1) is 18.6. The molecule has 0 saturated carbocycles. The first-order valence-electron chi connectivity index (χ1n) is 8.67. The second-order valence-corrected chi connectivity index (χ2v) is 5.98. The van der Waals surface area contributed by atoms with Crippen molar-refractivity contribution in [2.45, 2.75) is 20.5 Å². The Morgan fingerprint density at radius 2 is 1.96 bits per heavy atom. The van der Waals surface area contributed by atoms with Crippen molar-refractivity contribution in [2.24, 2.45) is 0 Å². The number of hydrogen-bond acceptors (Lipinski definition) is 5. The number of nitrogens with zero attached hydrogens (tertiary/aromatic N) is 3. The maximum atomic E-state index is 12.7. The molecule has 0 aliphatic carbocycles. The highest BCUT2D eigenvalue weighted by Crippen LogP contribution is 2.19. The highest BCUT2D eigenvalue weighted by Gasteiger charge is 2.21. The second kappa shape index (κ2) is 8.46. The van der Waals surface area contributed by atoms with E-state index >= 15 is 0 Å². The van der Waals surface area contributed by atoms with Gasteiger partial charge >= 0.3 is 0 Å². The van der Waals surface area contributed by atoms with Gasteiger partial charge in [-0.05, 0) is 55.8 Å². The van der Waals surface area contributed by atoms with Crippen LogP contribution in [0, 0.1) is 6.92 Å². The molecule has 1 heterocycles. The monoisotopic (exact) mass is 366 g/mol. The zero-order valence-corrected chi connectivity index (χ0v) is 15.6.